The third kappa shape index (κ3) is 8.99. The second-order valence-corrected chi connectivity index (χ2v) is 7.85. The number of nitrogens with one attached hydrogen (secondary N) is 1. The molecule has 2 amide bonds. The predicted molar refractivity (Wildman–Crippen MR) is 105 cm³/mol. The van der Waals surface area contributed by atoms with Crippen molar-refractivity contribution >= 4 is 18.3 Å². The summed E-state index contributed by atoms with van der Waals surface area (Å²) in [7, 11) is 0. The fourth-order valence-electron chi connectivity index (χ4n) is 2.73. The molecule has 0 fully saturated rings. The van der Waals surface area contributed by atoms with Crippen LogP contribution in [0.5, 0.6) is 0 Å². The third-order valence-electron chi connectivity index (χ3n) is 4.10. The van der Waals surface area contributed by atoms with Crippen LogP contribution in [0.25, 0.3) is 0 Å². The van der Waals surface area contributed by atoms with Crippen LogP contribution in [-0.4, -0.2) is 46.7 Å². The number of nitrogens with zero attached hydrogens (tertiary/aromatic N) is 1. The van der Waals surface area contributed by atoms with Crippen molar-refractivity contribution in [3.8, 4) is 0 Å². The van der Waals surface area contributed by atoms with Gasteiger partial charge in [-0.25, -0.2) is 9.86 Å². The van der Waals surface area contributed by atoms with Crippen molar-refractivity contribution in [1.29, 1.82) is 0 Å². The Balaban J connectivity index is 2.95. The molecule has 2 atom stereocenters. The van der Waals surface area contributed by atoms with E-state index < -0.39 is 23.5 Å². The van der Waals surface area contributed by atoms with E-state index in [1.807, 2.05) is 37.3 Å². The Hall–Kier alpha value is -2.41. The number of hydrogen-bond acceptors (Lipinski definition) is 5. The SMILES string of the molecule is CCCC[C@H](CN(O)C=O)C(=O)N[C@@H](Cc1ccccc1)C(=O)OC(C)(C)C. The van der Waals surface area contributed by atoms with Crippen molar-refractivity contribution in [3.05, 3.63) is 35.9 Å². The van der Waals surface area contributed by atoms with Crippen molar-refractivity contribution in [3.63, 3.8) is 0 Å². The second kappa shape index (κ2) is 11.4. The van der Waals surface area contributed by atoms with E-state index in [1.165, 1.54) is 0 Å². The number of carbonyl (C=O) groups is 3. The van der Waals surface area contributed by atoms with Gasteiger partial charge in [0.25, 0.3) is 0 Å². The summed E-state index contributed by atoms with van der Waals surface area (Å²) in [4.78, 5) is 36.2. The molecule has 0 aromatic heterocycles. The minimum absolute atomic E-state index is 0.123. The van der Waals surface area contributed by atoms with Crippen LogP contribution in [0.2, 0.25) is 0 Å². The van der Waals surface area contributed by atoms with Gasteiger partial charge in [-0.2, -0.15) is 0 Å². The van der Waals surface area contributed by atoms with Gasteiger partial charge in [0.1, 0.15) is 11.6 Å². The van der Waals surface area contributed by atoms with Crippen molar-refractivity contribution < 1.29 is 24.3 Å². The lowest BCUT2D eigenvalue weighted by Crippen LogP contribution is -2.49. The molecule has 0 aliphatic heterocycles. The fraction of sp³-hybridized carbons (Fsp3) is 0.571. The van der Waals surface area contributed by atoms with E-state index in [2.05, 4.69) is 5.32 Å². The van der Waals surface area contributed by atoms with Crippen LogP contribution in [0.15, 0.2) is 30.3 Å². The fourth-order valence-corrected chi connectivity index (χ4v) is 2.73. The summed E-state index contributed by atoms with van der Waals surface area (Å²) in [6, 6.07) is 8.49. The van der Waals surface area contributed by atoms with Crippen LogP contribution in [0.1, 0.15) is 52.5 Å². The molecule has 0 radical (unpaired) electrons. The summed E-state index contributed by atoms with van der Waals surface area (Å²) >= 11 is 0. The number of hydrogen-bond donors (Lipinski definition) is 2. The van der Waals surface area contributed by atoms with E-state index in [0.717, 1.165) is 18.4 Å². The Morgan fingerprint density at radius 1 is 1.25 bits per heavy atom. The maximum atomic E-state index is 12.8. The highest BCUT2D eigenvalue weighted by molar-refractivity contribution is 5.86. The maximum Gasteiger partial charge on any atom is 0.329 e. The van der Waals surface area contributed by atoms with Crippen molar-refractivity contribution in [1.82, 2.24) is 10.4 Å². The normalized spacial score (nSPS) is 13.3. The minimum atomic E-state index is -0.860. The first-order valence-electron chi connectivity index (χ1n) is 9.64. The summed E-state index contributed by atoms with van der Waals surface area (Å²) < 4.78 is 5.47. The van der Waals surface area contributed by atoms with Gasteiger partial charge in [-0.15, -0.1) is 0 Å². The van der Waals surface area contributed by atoms with Gasteiger partial charge in [-0.3, -0.25) is 14.8 Å². The Kier molecular flexibility index (Phi) is 9.65. The number of carbonyl (C=O) groups excluding carboxylic acids is 3. The number of amides is 2. The standard InChI is InChI=1S/C21H32N2O5/c1-5-6-12-17(14-23(27)15-24)19(25)22-18(20(26)28-21(2,3)4)13-16-10-8-7-9-11-16/h7-11,15,17-18,27H,5-6,12-14H2,1-4H3,(H,22,25)/t17-,18+/m1/s1. The van der Waals surface area contributed by atoms with E-state index in [9.17, 15) is 19.6 Å². The first-order chi connectivity index (χ1) is 13.2. The smallest absolute Gasteiger partial charge is 0.329 e. The minimum Gasteiger partial charge on any atom is -0.458 e. The van der Waals surface area contributed by atoms with E-state index >= 15 is 0 Å². The zero-order valence-electron chi connectivity index (χ0n) is 17.2. The molecule has 0 aliphatic rings. The third-order valence-corrected chi connectivity index (χ3v) is 4.10. The largest absolute Gasteiger partial charge is 0.458 e. The molecule has 0 spiro atoms. The van der Waals surface area contributed by atoms with Gasteiger partial charge in [0, 0.05) is 6.42 Å². The molecule has 7 heteroatoms. The zero-order chi connectivity index (χ0) is 21.2. The first kappa shape index (κ1) is 23.6. The molecule has 156 valence electrons. The maximum absolute atomic E-state index is 12.8. The van der Waals surface area contributed by atoms with Crippen LogP contribution in [0, 0.1) is 5.92 Å². The van der Waals surface area contributed by atoms with E-state index in [-0.39, 0.29) is 18.9 Å². The molecule has 0 saturated heterocycles. The Bertz CT molecular complexity index is 627. The molecule has 1 rings (SSSR count). The monoisotopic (exact) mass is 392 g/mol. The summed E-state index contributed by atoms with van der Waals surface area (Å²) in [6.45, 7) is 7.17. The molecule has 7 nitrogen and oxygen atoms in total. The van der Waals surface area contributed by atoms with Gasteiger partial charge in [0.15, 0.2) is 0 Å². The number of benzene rings is 1. The molecule has 0 unspecified atom stereocenters. The number of hydroxylamine groups is 2. The summed E-state index contributed by atoms with van der Waals surface area (Å²) in [5.41, 5.74) is 0.207. The quantitative estimate of drug-likeness (QED) is 0.261. The van der Waals surface area contributed by atoms with Crippen molar-refractivity contribution in [2.45, 2.75) is 65.0 Å². The predicted octanol–water partition coefficient (Wildman–Crippen LogP) is 2.71. The highest BCUT2D eigenvalue weighted by atomic mass is 16.6. The van der Waals surface area contributed by atoms with Gasteiger partial charge >= 0.3 is 5.97 Å². The lowest BCUT2D eigenvalue weighted by atomic mass is 9.99. The highest BCUT2D eigenvalue weighted by Crippen LogP contribution is 2.14. The number of unbranched alkanes of at least 4 members (excludes halogenated alkanes) is 1. The lowest BCUT2D eigenvalue weighted by molar-refractivity contribution is -0.160. The molecule has 0 heterocycles. The van der Waals surface area contributed by atoms with Crippen LogP contribution in [-0.2, 0) is 25.5 Å². The Labute approximate surface area is 167 Å². The molecule has 1 aromatic rings. The van der Waals surface area contributed by atoms with Crippen molar-refractivity contribution in [2.24, 2.45) is 5.92 Å². The molecular formula is C21H32N2O5. The van der Waals surface area contributed by atoms with Gasteiger partial charge < -0.3 is 10.1 Å². The second-order valence-electron chi connectivity index (χ2n) is 7.85. The van der Waals surface area contributed by atoms with Crippen LogP contribution < -0.4 is 5.32 Å². The van der Waals surface area contributed by atoms with Crippen LogP contribution in [0.4, 0.5) is 0 Å². The topological polar surface area (TPSA) is 95.9 Å². The van der Waals surface area contributed by atoms with E-state index in [4.69, 9.17) is 4.74 Å². The molecule has 0 saturated carbocycles. The van der Waals surface area contributed by atoms with E-state index in [1.54, 1.807) is 20.8 Å². The van der Waals surface area contributed by atoms with Crippen LogP contribution in [0.3, 0.4) is 0 Å². The molecule has 2 N–H and O–H groups in total. The van der Waals surface area contributed by atoms with Gasteiger partial charge in [-0.05, 0) is 32.8 Å². The number of ether oxygens (including phenoxy) is 1. The van der Waals surface area contributed by atoms with E-state index in [0.29, 0.717) is 17.9 Å². The summed E-state index contributed by atoms with van der Waals surface area (Å²) in [5, 5.41) is 12.7. The summed E-state index contributed by atoms with van der Waals surface area (Å²) in [6.07, 6.45) is 2.69. The molecule has 1 aromatic carbocycles. The number of esters is 1. The molecule has 0 bridgehead atoms. The Morgan fingerprint density at radius 3 is 2.43 bits per heavy atom. The number of rotatable bonds is 11. The van der Waals surface area contributed by atoms with Gasteiger partial charge in [0.05, 0.1) is 12.5 Å². The molecular weight excluding hydrogens is 360 g/mol. The van der Waals surface area contributed by atoms with Crippen molar-refractivity contribution in [2.75, 3.05) is 6.54 Å². The van der Waals surface area contributed by atoms with Gasteiger partial charge in [0.2, 0.25) is 12.3 Å². The average Bonchev–Trinajstić information content (AvgIpc) is 2.63. The molecule has 0 aliphatic carbocycles. The van der Waals surface area contributed by atoms with Crippen LogP contribution >= 0.6 is 0 Å². The zero-order valence-corrected chi connectivity index (χ0v) is 17.2. The average molecular weight is 392 g/mol. The first-order valence-corrected chi connectivity index (χ1v) is 9.64. The summed E-state index contributed by atoms with van der Waals surface area (Å²) in [5.74, 6) is -1.52. The van der Waals surface area contributed by atoms with Gasteiger partial charge in [-0.1, -0.05) is 50.1 Å². The molecule has 28 heavy (non-hydrogen) atoms. The Morgan fingerprint density at radius 2 is 1.89 bits per heavy atom. The highest BCUT2D eigenvalue weighted by Gasteiger charge is 2.30. The lowest BCUT2D eigenvalue weighted by Gasteiger charge is -2.26.